The van der Waals surface area contributed by atoms with Gasteiger partial charge in [-0.1, -0.05) is 17.7 Å². The maximum absolute atomic E-state index is 10.9. The van der Waals surface area contributed by atoms with Crippen molar-refractivity contribution in [2.75, 3.05) is 17.8 Å². The molecule has 0 N–H and O–H groups in total. The highest BCUT2D eigenvalue weighted by Gasteiger charge is 2.03. The van der Waals surface area contributed by atoms with Gasteiger partial charge < -0.3 is 0 Å². The van der Waals surface area contributed by atoms with Crippen LogP contribution in [0.1, 0.15) is 5.56 Å². The summed E-state index contributed by atoms with van der Waals surface area (Å²) in [5.41, 5.74) is 0.942. The fraction of sp³-hybridized carbons (Fsp3) is 0.444. The van der Waals surface area contributed by atoms with Crippen molar-refractivity contribution in [2.45, 2.75) is 5.75 Å². The second kappa shape index (κ2) is 5.72. The first-order chi connectivity index (χ1) is 6.99. The molecule has 3 nitrogen and oxygen atoms in total. The second-order valence-electron chi connectivity index (χ2n) is 3.14. The van der Waals surface area contributed by atoms with Crippen molar-refractivity contribution in [3.05, 3.63) is 29.0 Å². The maximum atomic E-state index is 10.9. The van der Waals surface area contributed by atoms with Crippen LogP contribution in [0.15, 0.2) is 18.3 Å². The number of hydrogen-bond donors (Lipinski definition) is 0. The van der Waals surface area contributed by atoms with E-state index in [4.69, 9.17) is 11.6 Å². The van der Waals surface area contributed by atoms with E-state index in [0.29, 0.717) is 16.7 Å². The molecule has 0 saturated carbocycles. The van der Waals surface area contributed by atoms with Crippen LogP contribution < -0.4 is 0 Å². The van der Waals surface area contributed by atoms with Gasteiger partial charge in [-0.25, -0.2) is 13.4 Å². The van der Waals surface area contributed by atoms with E-state index in [0.717, 1.165) is 5.56 Å². The van der Waals surface area contributed by atoms with E-state index in [2.05, 4.69) is 4.98 Å². The van der Waals surface area contributed by atoms with E-state index in [-0.39, 0.29) is 5.75 Å². The smallest absolute Gasteiger partial charge is 0.148 e. The summed E-state index contributed by atoms with van der Waals surface area (Å²) in [5, 5.41) is 0.490. The number of thioether (sulfide) groups is 1. The van der Waals surface area contributed by atoms with Crippen LogP contribution in [0.5, 0.6) is 0 Å². The quantitative estimate of drug-likeness (QED) is 0.604. The minimum atomic E-state index is -2.86. The van der Waals surface area contributed by atoms with Gasteiger partial charge in [0.2, 0.25) is 0 Å². The summed E-state index contributed by atoms with van der Waals surface area (Å²) in [6, 6.07) is 3.71. The van der Waals surface area contributed by atoms with Gasteiger partial charge in [0, 0.05) is 24.0 Å². The maximum Gasteiger partial charge on any atom is 0.148 e. The van der Waals surface area contributed by atoms with E-state index in [1.54, 1.807) is 18.0 Å². The molecule has 0 aliphatic rings. The summed E-state index contributed by atoms with van der Waals surface area (Å²) < 4.78 is 21.7. The standard InChI is InChI=1S/C9H12ClNO2S2/c1-15(12,13)6-5-14-7-8-3-2-4-11-9(8)10/h2-4H,5-7H2,1H3. The van der Waals surface area contributed by atoms with Crippen LogP contribution >= 0.6 is 23.4 Å². The SMILES string of the molecule is CS(=O)(=O)CCSCc1cccnc1Cl. The topological polar surface area (TPSA) is 47.0 Å². The highest BCUT2D eigenvalue weighted by molar-refractivity contribution is 7.99. The summed E-state index contributed by atoms with van der Waals surface area (Å²) in [7, 11) is -2.86. The van der Waals surface area contributed by atoms with Crippen LogP contribution in [-0.4, -0.2) is 31.2 Å². The monoisotopic (exact) mass is 265 g/mol. The Morgan fingerprint density at radius 2 is 2.27 bits per heavy atom. The van der Waals surface area contributed by atoms with Gasteiger partial charge in [0.1, 0.15) is 15.0 Å². The van der Waals surface area contributed by atoms with Gasteiger partial charge in [-0.05, 0) is 11.6 Å². The van der Waals surface area contributed by atoms with Crippen molar-refractivity contribution in [1.29, 1.82) is 0 Å². The molecular formula is C9H12ClNO2S2. The Hall–Kier alpha value is -0.260. The lowest BCUT2D eigenvalue weighted by Crippen LogP contribution is -2.05. The lowest BCUT2D eigenvalue weighted by Gasteiger charge is -2.02. The molecule has 0 unspecified atom stereocenters. The van der Waals surface area contributed by atoms with Crippen LogP contribution in [0.2, 0.25) is 5.15 Å². The first-order valence-corrected chi connectivity index (χ1v) is 7.93. The van der Waals surface area contributed by atoms with Gasteiger partial charge in [-0.3, -0.25) is 0 Å². The van der Waals surface area contributed by atoms with Crippen molar-refractivity contribution in [3.63, 3.8) is 0 Å². The molecule has 1 rings (SSSR count). The molecule has 6 heteroatoms. The van der Waals surface area contributed by atoms with Gasteiger partial charge in [0.05, 0.1) is 5.75 Å². The highest BCUT2D eigenvalue weighted by atomic mass is 35.5. The average Bonchev–Trinajstić information content (AvgIpc) is 2.13. The Labute approximate surface area is 99.2 Å². The molecule has 0 saturated heterocycles. The van der Waals surface area contributed by atoms with Crippen molar-refractivity contribution >= 4 is 33.2 Å². The minimum Gasteiger partial charge on any atom is -0.244 e. The normalized spacial score (nSPS) is 11.6. The molecular weight excluding hydrogens is 254 g/mol. The van der Waals surface area contributed by atoms with Gasteiger partial charge in [-0.2, -0.15) is 11.8 Å². The van der Waals surface area contributed by atoms with E-state index in [9.17, 15) is 8.42 Å². The number of halogens is 1. The summed E-state index contributed by atoms with van der Waals surface area (Å²) >= 11 is 7.39. The summed E-state index contributed by atoms with van der Waals surface area (Å²) in [5.74, 6) is 1.49. The number of rotatable bonds is 5. The Balaban J connectivity index is 2.36. The molecule has 15 heavy (non-hydrogen) atoms. The third kappa shape index (κ3) is 5.39. The van der Waals surface area contributed by atoms with Gasteiger partial charge >= 0.3 is 0 Å². The molecule has 0 aromatic carbocycles. The number of sulfone groups is 1. The zero-order valence-electron chi connectivity index (χ0n) is 8.31. The molecule has 0 aliphatic heterocycles. The molecule has 0 atom stereocenters. The highest BCUT2D eigenvalue weighted by Crippen LogP contribution is 2.18. The van der Waals surface area contributed by atoms with Crippen LogP contribution in [0, 0.1) is 0 Å². The predicted molar refractivity (Wildman–Crippen MR) is 65.1 cm³/mol. The first kappa shape index (κ1) is 12.8. The zero-order valence-corrected chi connectivity index (χ0v) is 10.7. The molecule has 0 fully saturated rings. The Kier molecular flexibility index (Phi) is 4.89. The molecule has 0 radical (unpaired) electrons. The zero-order chi connectivity index (χ0) is 11.3. The molecule has 0 bridgehead atoms. The summed E-state index contributed by atoms with van der Waals surface area (Å²) in [4.78, 5) is 3.94. The third-order valence-corrected chi connectivity index (χ3v) is 4.24. The summed E-state index contributed by atoms with van der Waals surface area (Å²) in [6.45, 7) is 0. The third-order valence-electron chi connectivity index (χ3n) is 1.69. The Morgan fingerprint density at radius 3 is 2.87 bits per heavy atom. The Morgan fingerprint density at radius 1 is 1.53 bits per heavy atom. The fourth-order valence-corrected chi connectivity index (χ4v) is 3.46. The minimum absolute atomic E-state index is 0.204. The van der Waals surface area contributed by atoms with Gasteiger partial charge in [0.15, 0.2) is 0 Å². The molecule has 0 aliphatic carbocycles. The molecule has 0 spiro atoms. The number of aromatic nitrogens is 1. The van der Waals surface area contributed by atoms with E-state index in [1.165, 1.54) is 6.26 Å². The Bertz CT molecular complexity index is 420. The van der Waals surface area contributed by atoms with Gasteiger partial charge in [-0.15, -0.1) is 0 Å². The predicted octanol–water partition coefficient (Wildman–Crippen LogP) is 2.01. The van der Waals surface area contributed by atoms with Crippen molar-refractivity contribution < 1.29 is 8.42 Å². The van der Waals surface area contributed by atoms with Crippen LogP contribution in [0.3, 0.4) is 0 Å². The number of nitrogens with zero attached hydrogens (tertiary/aromatic N) is 1. The number of hydrogen-bond acceptors (Lipinski definition) is 4. The number of pyridine rings is 1. The molecule has 0 amide bonds. The second-order valence-corrected chi connectivity index (χ2v) is 6.86. The largest absolute Gasteiger partial charge is 0.244 e. The fourth-order valence-electron chi connectivity index (χ4n) is 0.919. The van der Waals surface area contributed by atoms with Crippen LogP contribution in [-0.2, 0) is 15.6 Å². The lowest BCUT2D eigenvalue weighted by atomic mass is 10.3. The first-order valence-electron chi connectivity index (χ1n) is 4.34. The lowest BCUT2D eigenvalue weighted by molar-refractivity contribution is 0.603. The molecule has 1 heterocycles. The van der Waals surface area contributed by atoms with Crippen molar-refractivity contribution in [3.8, 4) is 0 Å². The van der Waals surface area contributed by atoms with Crippen LogP contribution in [0.25, 0.3) is 0 Å². The molecule has 1 aromatic rings. The van der Waals surface area contributed by atoms with Crippen molar-refractivity contribution in [1.82, 2.24) is 4.98 Å². The summed E-state index contributed by atoms with van der Waals surface area (Å²) in [6.07, 6.45) is 2.87. The van der Waals surface area contributed by atoms with E-state index >= 15 is 0 Å². The van der Waals surface area contributed by atoms with Gasteiger partial charge in [0.25, 0.3) is 0 Å². The van der Waals surface area contributed by atoms with Crippen LogP contribution in [0.4, 0.5) is 0 Å². The van der Waals surface area contributed by atoms with E-state index < -0.39 is 9.84 Å². The van der Waals surface area contributed by atoms with E-state index in [1.807, 2.05) is 12.1 Å². The van der Waals surface area contributed by atoms with Crippen molar-refractivity contribution in [2.24, 2.45) is 0 Å². The average molecular weight is 266 g/mol. The molecule has 84 valence electrons. The molecule has 1 aromatic heterocycles.